The van der Waals surface area contributed by atoms with E-state index in [1.165, 1.54) is 0 Å². The molecule has 214 valence electrons. The average Bonchev–Trinajstić information content (AvgIpc) is 2.92. The van der Waals surface area contributed by atoms with Crippen LogP contribution in [0.4, 0.5) is 22.2 Å². The number of amides is 1. The maximum absolute atomic E-state index is 13.6. The van der Waals surface area contributed by atoms with Gasteiger partial charge in [-0.25, -0.2) is 9.78 Å². The number of nitrogens with one attached hydrogen (secondary N) is 1. The summed E-state index contributed by atoms with van der Waals surface area (Å²) in [6.45, 7) is 11.5. The van der Waals surface area contributed by atoms with E-state index in [0.29, 0.717) is 50.4 Å². The van der Waals surface area contributed by atoms with E-state index in [9.17, 15) is 4.79 Å². The van der Waals surface area contributed by atoms with Gasteiger partial charge in [-0.2, -0.15) is 4.98 Å². The minimum atomic E-state index is -0.479. The molecule has 2 heterocycles. The van der Waals surface area contributed by atoms with Gasteiger partial charge in [0.1, 0.15) is 23.9 Å². The molecule has 0 saturated carbocycles. The largest absolute Gasteiger partial charge is 0.492 e. The van der Waals surface area contributed by atoms with Crippen LogP contribution in [0.5, 0.6) is 11.5 Å². The van der Waals surface area contributed by atoms with Crippen LogP contribution in [0.1, 0.15) is 16.7 Å². The minimum Gasteiger partial charge on any atom is -0.492 e. The van der Waals surface area contributed by atoms with Crippen LogP contribution >= 0.6 is 0 Å². The predicted molar refractivity (Wildman–Crippen MR) is 157 cm³/mol. The van der Waals surface area contributed by atoms with Crippen LogP contribution in [0, 0.1) is 20.8 Å². The molecule has 0 spiro atoms. The van der Waals surface area contributed by atoms with E-state index < -0.39 is 6.09 Å². The Kier molecular flexibility index (Phi) is 10.3. The number of nitrogens with zero attached hydrogens (tertiary/aromatic N) is 5. The highest BCUT2D eigenvalue weighted by Gasteiger charge is 2.23. The molecule has 1 aliphatic heterocycles. The molecule has 1 aromatic heterocycles. The Bertz CT molecular complexity index is 1240. The molecule has 1 saturated heterocycles. The third-order valence-corrected chi connectivity index (χ3v) is 6.59. The molecule has 10 heteroatoms. The fourth-order valence-corrected chi connectivity index (χ4v) is 4.51. The molecule has 40 heavy (non-hydrogen) atoms. The van der Waals surface area contributed by atoms with Gasteiger partial charge in [-0.1, -0.05) is 17.7 Å². The summed E-state index contributed by atoms with van der Waals surface area (Å²) in [5.41, 5.74) is 3.76. The van der Waals surface area contributed by atoms with Crippen LogP contribution in [0.2, 0.25) is 0 Å². The highest BCUT2D eigenvalue weighted by atomic mass is 16.6. The van der Waals surface area contributed by atoms with Gasteiger partial charge < -0.3 is 24.4 Å². The number of likely N-dealkylation sites (N-methyl/N-ethyl adjacent to an activating group) is 1. The van der Waals surface area contributed by atoms with E-state index in [2.05, 4.69) is 25.1 Å². The van der Waals surface area contributed by atoms with Gasteiger partial charge in [0.25, 0.3) is 0 Å². The summed E-state index contributed by atoms with van der Waals surface area (Å²) in [5.74, 6) is 2.21. The summed E-state index contributed by atoms with van der Waals surface area (Å²) in [4.78, 5) is 28.5. The molecule has 0 bridgehead atoms. The molecule has 4 rings (SSSR count). The Morgan fingerprint density at radius 3 is 2.40 bits per heavy atom. The second kappa shape index (κ2) is 14.1. The molecule has 10 nitrogen and oxygen atoms in total. The smallest absolute Gasteiger partial charge is 0.421 e. The van der Waals surface area contributed by atoms with E-state index in [4.69, 9.17) is 14.2 Å². The summed E-state index contributed by atoms with van der Waals surface area (Å²) < 4.78 is 17.2. The SMILES string of the molecule is Cc1cc(C)c(OC(=O)N(CCN2CCOCC2)c2ccnc(Nc3ccc(OCCN(C)C)cc3)n2)c(C)c1. The molecule has 1 aliphatic rings. The van der Waals surface area contributed by atoms with Crippen LogP contribution in [0.3, 0.4) is 0 Å². The van der Waals surface area contributed by atoms with Crippen molar-refractivity contribution in [1.82, 2.24) is 19.8 Å². The Morgan fingerprint density at radius 1 is 1.02 bits per heavy atom. The van der Waals surface area contributed by atoms with Crippen LogP contribution in [0.15, 0.2) is 48.7 Å². The van der Waals surface area contributed by atoms with Crippen molar-refractivity contribution < 1.29 is 19.0 Å². The lowest BCUT2D eigenvalue weighted by molar-refractivity contribution is 0.0392. The number of carbonyl (C=O) groups is 1. The summed E-state index contributed by atoms with van der Waals surface area (Å²) in [6.07, 6.45) is 1.16. The Balaban J connectivity index is 1.50. The lowest BCUT2D eigenvalue weighted by Gasteiger charge is -2.29. The number of anilines is 3. The van der Waals surface area contributed by atoms with Gasteiger partial charge in [-0.3, -0.25) is 9.80 Å². The second-order valence-electron chi connectivity index (χ2n) is 10.2. The van der Waals surface area contributed by atoms with Crippen molar-refractivity contribution >= 4 is 23.5 Å². The monoisotopic (exact) mass is 548 g/mol. The first-order chi connectivity index (χ1) is 19.3. The summed E-state index contributed by atoms with van der Waals surface area (Å²) in [5, 5.41) is 3.23. The molecule has 2 aromatic carbocycles. The topological polar surface area (TPSA) is 92.3 Å². The average molecular weight is 549 g/mol. The Hall–Kier alpha value is -3.73. The third-order valence-electron chi connectivity index (χ3n) is 6.59. The first kappa shape index (κ1) is 29.3. The van der Waals surface area contributed by atoms with Crippen molar-refractivity contribution in [3.8, 4) is 11.5 Å². The van der Waals surface area contributed by atoms with Crippen LogP contribution in [-0.2, 0) is 4.74 Å². The summed E-state index contributed by atoms with van der Waals surface area (Å²) >= 11 is 0. The number of aromatic nitrogens is 2. The zero-order valence-electron chi connectivity index (χ0n) is 24.1. The predicted octanol–water partition coefficient (Wildman–Crippen LogP) is 4.42. The van der Waals surface area contributed by atoms with E-state index in [1.807, 2.05) is 71.3 Å². The second-order valence-corrected chi connectivity index (χ2v) is 10.2. The molecule has 0 radical (unpaired) electrons. The first-order valence-corrected chi connectivity index (χ1v) is 13.6. The number of benzene rings is 2. The van der Waals surface area contributed by atoms with Gasteiger partial charge in [-0.15, -0.1) is 0 Å². The van der Waals surface area contributed by atoms with Crippen molar-refractivity contribution in [3.05, 3.63) is 65.4 Å². The highest BCUT2D eigenvalue weighted by molar-refractivity contribution is 5.88. The normalized spacial score (nSPS) is 13.8. The molecule has 0 unspecified atom stereocenters. The van der Waals surface area contributed by atoms with E-state index >= 15 is 0 Å². The Morgan fingerprint density at radius 2 is 1.73 bits per heavy atom. The van der Waals surface area contributed by atoms with Crippen molar-refractivity contribution in [2.75, 3.05) is 76.9 Å². The third kappa shape index (κ3) is 8.38. The maximum Gasteiger partial charge on any atom is 0.421 e. The lowest BCUT2D eigenvalue weighted by atomic mass is 10.1. The van der Waals surface area contributed by atoms with Crippen molar-refractivity contribution in [3.63, 3.8) is 0 Å². The number of rotatable bonds is 11. The number of hydrogen-bond acceptors (Lipinski definition) is 9. The molecule has 0 atom stereocenters. The van der Waals surface area contributed by atoms with Gasteiger partial charge in [0.2, 0.25) is 5.95 Å². The summed E-state index contributed by atoms with van der Waals surface area (Å²) in [7, 11) is 4.02. The quantitative estimate of drug-likeness (QED) is 0.374. The molecule has 1 N–H and O–H groups in total. The fourth-order valence-electron chi connectivity index (χ4n) is 4.51. The van der Waals surface area contributed by atoms with Crippen LogP contribution in [0.25, 0.3) is 0 Å². The molecular formula is C30H40N6O4. The number of aryl methyl sites for hydroxylation is 3. The summed E-state index contributed by atoms with van der Waals surface area (Å²) in [6, 6.07) is 13.4. The first-order valence-electron chi connectivity index (χ1n) is 13.6. The number of ether oxygens (including phenoxy) is 3. The highest BCUT2D eigenvalue weighted by Crippen LogP contribution is 2.26. The van der Waals surface area contributed by atoms with Gasteiger partial charge in [0.05, 0.1) is 13.2 Å². The van der Waals surface area contributed by atoms with E-state index in [1.54, 1.807) is 17.2 Å². The fraction of sp³-hybridized carbons (Fsp3) is 0.433. The molecule has 1 fully saturated rings. The maximum atomic E-state index is 13.6. The number of carbonyl (C=O) groups excluding carboxylic acids is 1. The number of morpholine rings is 1. The Labute approximate surface area is 236 Å². The van der Waals surface area contributed by atoms with Crippen LogP contribution in [-0.4, -0.2) is 92.5 Å². The minimum absolute atomic E-state index is 0.380. The molecular weight excluding hydrogens is 508 g/mol. The van der Waals surface area contributed by atoms with Gasteiger partial charge in [0, 0.05) is 44.6 Å². The molecule has 0 aliphatic carbocycles. The van der Waals surface area contributed by atoms with Crippen molar-refractivity contribution in [1.29, 1.82) is 0 Å². The molecule has 3 aromatic rings. The van der Waals surface area contributed by atoms with Gasteiger partial charge >= 0.3 is 6.09 Å². The van der Waals surface area contributed by atoms with E-state index in [0.717, 1.165) is 47.8 Å². The van der Waals surface area contributed by atoms with Crippen molar-refractivity contribution in [2.24, 2.45) is 0 Å². The van der Waals surface area contributed by atoms with Crippen LogP contribution < -0.4 is 19.7 Å². The van der Waals surface area contributed by atoms with Crippen molar-refractivity contribution in [2.45, 2.75) is 20.8 Å². The zero-order valence-corrected chi connectivity index (χ0v) is 24.1. The lowest BCUT2D eigenvalue weighted by Crippen LogP contribution is -2.44. The molecule has 1 amide bonds. The zero-order chi connectivity index (χ0) is 28.5. The van der Waals surface area contributed by atoms with E-state index in [-0.39, 0.29) is 0 Å². The number of hydrogen-bond donors (Lipinski definition) is 1. The van der Waals surface area contributed by atoms with Gasteiger partial charge in [-0.05, 0) is 76.3 Å². The van der Waals surface area contributed by atoms with Gasteiger partial charge in [0.15, 0.2) is 0 Å². The standard InChI is InChI=1S/C30H40N6O4/c1-22-20-23(2)28(24(3)21-22)40-30(37)36(13-12-35-15-17-38-18-16-35)27-10-11-31-29(33-27)32-25-6-8-26(9-7-25)39-19-14-34(4)5/h6-11,20-21H,12-19H2,1-5H3,(H,31,32,33).